The Labute approximate surface area is 107 Å². The maximum atomic E-state index is 10.6. The summed E-state index contributed by atoms with van der Waals surface area (Å²) in [5.41, 5.74) is 5.55. The number of hydrogen-bond donors (Lipinski definition) is 2. The number of rotatable bonds is 2. The Morgan fingerprint density at radius 2 is 2.12 bits per heavy atom. The Kier molecular flexibility index (Phi) is 7.58. The van der Waals surface area contributed by atoms with Crippen molar-refractivity contribution in [2.45, 2.75) is 20.3 Å². The summed E-state index contributed by atoms with van der Waals surface area (Å²) in [5.74, 6) is -1.21. The van der Waals surface area contributed by atoms with Gasteiger partial charge in [-0.1, -0.05) is 25.4 Å². The van der Waals surface area contributed by atoms with Crippen molar-refractivity contribution >= 4 is 23.3 Å². The standard InChI is InChI=1S/C9H14ClN3O2.C2H6/c1-13-4-2-3-12-6(5-13)7(10)8(11)9(14)15;1-2/h2-5,11H2,1H3,(H,14,15);1-2H3/b8-7+;. The lowest BCUT2D eigenvalue weighted by Gasteiger charge is -2.13. The fourth-order valence-electron chi connectivity index (χ4n) is 1.33. The van der Waals surface area contributed by atoms with Gasteiger partial charge in [0.1, 0.15) is 5.70 Å². The predicted molar refractivity (Wildman–Crippen MR) is 70.5 cm³/mol. The van der Waals surface area contributed by atoms with Crippen LogP contribution in [-0.2, 0) is 4.79 Å². The zero-order valence-electron chi connectivity index (χ0n) is 10.5. The minimum atomic E-state index is -1.21. The molecule has 0 radical (unpaired) electrons. The number of aliphatic imine (C=N–C) groups is 1. The third-order valence-corrected chi connectivity index (χ3v) is 2.56. The summed E-state index contributed by atoms with van der Waals surface area (Å²) in [6, 6.07) is 0. The Morgan fingerprint density at radius 1 is 1.53 bits per heavy atom. The first kappa shape index (κ1) is 15.9. The molecule has 0 saturated carbocycles. The number of aliphatic carboxylic acids is 1. The molecule has 0 aromatic rings. The zero-order chi connectivity index (χ0) is 13.4. The third kappa shape index (κ3) is 5.19. The molecular weight excluding hydrogens is 242 g/mol. The van der Waals surface area contributed by atoms with Crippen LogP contribution in [0.15, 0.2) is 15.7 Å². The lowest BCUT2D eigenvalue weighted by atomic mass is 10.2. The molecule has 0 atom stereocenters. The molecule has 1 heterocycles. The molecule has 0 bridgehead atoms. The highest BCUT2D eigenvalue weighted by atomic mass is 35.5. The summed E-state index contributed by atoms with van der Waals surface area (Å²) in [5, 5.41) is 8.74. The van der Waals surface area contributed by atoms with E-state index in [4.69, 9.17) is 22.4 Å². The normalized spacial score (nSPS) is 18.2. The smallest absolute Gasteiger partial charge is 0.353 e. The van der Waals surface area contributed by atoms with E-state index in [2.05, 4.69) is 4.99 Å². The average molecular weight is 262 g/mol. The summed E-state index contributed by atoms with van der Waals surface area (Å²) in [7, 11) is 1.93. The summed E-state index contributed by atoms with van der Waals surface area (Å²) in [4.78, 5) is 16.9. The summed E-state index contributed by atoms with van der Waals surface area (Å²) >= 11 is 5.86. The first-order chi connectivity index (χ1) is 8.02. The Balaban J connectivity index is 0.00000121. The second kappa shape index (κ2) is 8.08. The third-order valence-electron chi connectivity index (χ3n) is 2.14. The molecule has 0 spiro atoms. The molecule has 0 unspecified atom stereocenters. The molecule has 3 N–H and O–H groups in total. The predicted octanol–water partition coefficient (Wildman–Crippen LogP) is 1.28. The fourth-order valence-corrected chi connectivity index (χ4v) is 1.53. The molecule has 0 aliphatic carbocycles. The molecule has 0 aromatic carbocycles. The van der Waals surface area contributed by atoms with Crippen LogP contribution in [-0.4, -0.2) is 48.4 Å². The van der Waals surface area contributed by atoms with Crippen molar-refractivity contribution in [1.82, 2.24) is 4.90 Å². The molecule has 0 aromatic heterocycles. The van der Waals surface area contributed by atoms with Crippen LogP contribution in [0.25, 0.3) is 0 Å². The number of nitrogens with two attached hydrogens (primary N) is 1. The second-order valence-corrected chi connectivity index (χ2v) is 3.83. The van der Waals surface area contributed by atoms with E-state index in [9.17, 15) is 4.79 Å². The number of carboxylic acids is 1. The van der Waals surface area contributed by atoms with E-state index >= 15 is 0 Å². The molecule has 1 aliphatic heterocycles. The molecule has 0 saturated heterocycles. The van der Waals surface area contributed by atoms with Gasteiger partial charge in [0.25, 0.3) is 0 Å². The van der Waals surface area contributed by atoms with Crippen LogP contribution in [0.1, 0.15) is 20.3 Å². The van der Waals surface area contributed by atoms with Crippen molar-refractivity contribution in [3.63, 3.8) is 0 Å². The maximum absolute atomic E-state index is 10.6. The van der Waals surface area contributed by atoms with Crippen LogP contribution in [0, 0.1) is 0 Å². The van der Waals surface area contributed by atoms with Crippen molar-refractivity contribution < 1.29 is 9.90 Å². The average Bonchev–Trinajstić information content (AvgIpc) is 2.54. The van der Waals surface area contributed by atoms with Gasteiger partial charge in [0.2, 0.25) is 0 Å². The highest BCUT2D eigenvalue weighted by molar-refractivity contribution is 6.45. The van der Waals surface area contributed by atoms with Gasteiger partial charge in [-0.3, -0.25) is 4.99 Å². The van der Waals surface area contributed by atoms with Gasteiger partial charge in [-0.05, 0) is 13.5 Å². The monoisotopic (exact) mass is 261 g/mol. The van der Waals surface area contributed by atoms with Gasteiger partial charge in [0.05, 0.1) is 10.7 Å². The molecule has 1 rings (SSSR count). The Bertz CT molecular complexity index is 327. The van der Waals surface area contributed by atoms with Gasteiger partial charge < -0.3 is 15.7 Å². The second-order valence-electron chi connectivity index (χ2n) is 3.45. The molecule has 98 valence electrons. The Morgan fingerprint density at radius 3 is 2.65 bits per heavy atom. The van der Waals surface area contributed by atoms with Gasteiger partial charge in [0, 0.05) is 19.6 Å². The molecule has 17 heavy (non-hydrogen) atoms. The van der Waals surface area contributed by atoms with Crippen LogP contribution >= 0.6 is 11.6 Å². The van der Waals surface area contributed by atoms with E-state index in [0.29, 0.717) is 18.8 Å². The molecule has 5 nitrogen and oxygen atoms in total. The van der Waals surface area contributed by atoms with Crippen molar-refractivity contribution in [2.24, 2.45) is 10.7 Å². The summed E-state index contributed by atoms with van der Waals surface area (Å²) in [6.45, 7) is 6.11. The Hall–Kier alpha value is -1.07. The van der Waals surface area contributed by atoms with Crippen LogP contribution < -0.4 is 5.73 Å². The minimum Gasteiger partial charge on any atom is -0.477 e. The van der Waals surface area contributed by atoms with E-state index in [-0.39, 0.29) is 10.7 Å². The van der Waals surface area contributed by atoms with Gasteiger partial charge in [0.15, 0.2) is 0 Å². The molecular formula is C11H20ClN3O2. The van der Waals surface area contributed by atoms with E-state index in [1.807, 2.05) is 25.8 Å². The topological polar surface area (TPSA) is 78.9 Å². The molecule has 0 fully saturated rings. The highest BCUT2D eigenvalue weighted by Crippen LogP contribution is 2.12. The number of carbonyl (C=O) groups is 1. The first-order valence-electron chi connectivity index (χ1n) is 5.63. The number of halogens is 1. The zero-order valence-corrected chi connectivity index (χ0v) is 11.3. The molecule has 0 amide bonds. The number of nitrogens with zero attached hydrogens (tertiary/aromatic N) is 2. The largest absolute Gasteiger partial charge is 0.477 e. The van der Waals surface area contributed by atoms with Crippen LogP contribution in [0.5, 0.6) is 0 Å². The first-order valence-corrected chi connectivity index (χ1v) is 6.01. The minimum absolute atomic E-state index is 0.0521. The van der Waals surface area contributed by atoms with Crippen molar-refractivity contribution in [3.05, 3.63) is 10.7 Å². The van der Waals surface area contributed by atoms with Crippen LogP contribution in [0.3, 0.4) is 0 Å². The molecule has 1 aliphatic rings. The van der Waals surface area contributed by atoms with Crippen molar-refractivity contribution in [3.8, 4) is 0 Å². The summed E-state index contributed by atoms with van der Waals surface area (Å²) in [6.07, 6.45) is 0.942. The lowest BCUT2D eigenvalue weighted by molar-refractivity contribution is -0.132. The summed E-state index contributed by atoms with van der Waals surface area (Å²) < 4.78 is 0. The van der Waals surface area contributed by atoms with Gasteiger partial charge in [-0.2, -0.15) is 0 Å². The quantitative estimate of drug-likeness (QED) is 0.734. The van der Waals surface area contributed by atoms with E-state index in [0.717, 1.165) is 13.0 Å². The van der Waals surface area contributed by atoms with E-state index < -0.39 is 5.97 Å². The van der Waals surface area contributed by atoms with Crippen LogP contribution in [0.2, 0.25) is 0 Å². The SMILES string of the molecule is CC.CN1CCCN=C(/C(Cl)=C(\N)C(=O)O)C1. The van der Waals surface area contributed by atoms with Crippen molar-refractivity contribution in [2.75, 3.05) is 26.7 Å². The fraction of sp³-hybridized carbons (Fsp3) is 0.636. The van der Waals surface area contributed by atoms with Gasteiger partial charge in [-0.25, -0.2) is 4.79 Å². The maximum Gasteiger partial charge on any atom is 0.353 e. The van der Waals surface area contributed by atoms with E-state index in [1.54, 1.807) is 0 Å². The lowest BCUT2D eigenvalue weighted by Crippen LogP contribution is -2.27. The number of hydrogen-bond acceptors (Lipinski definition) is 4. The van der Waals surface area contributed by atoms with Gasteiger partial charge >= 0.3 is 5.97 Å². The van der Waals surface area contributed by atoms with Crippen molar-refractivity contribution in [1.29, 1.82) is 0 Å². The highest BCUT2D eigenvalue weighted by Gasteiger charge is 2.17. The number of carboxylic acid groups (broad SMARTS) is 1. The van der Waals surface area contributed by atoms with Gasteiger partial charge in [-0.15, -0.1) is 0 Å². The molecule has 6 heteroatoms. The van der Waals surface area contributed by atoms with E-state index in [1.165, 1.54) is 0 Å². The van der Waals surface area contributed by atoms with Crippen LogP contribution in [0.4, 0.5) is 0 Å².